The number of aliphatic carboxylic acids is 1. The first-order valence-electron chi connectivity index (χ1n) is 22.8. The van der Waals surface area contributed by atoms with Crippen molar-refractivity contribution in [2.45, 2.75) is 76.7 Å². The molecule has 0 bridgehead atoms. The standard InChI is InChI=1S/C51H61Cl2FN8O7/c1-32-10-8-11-39(57-32)22-36(23-47(63)64)49(66)62-21-9-20-51(31-62,26-34-12-16-37(52)17-13-34)61(6)50(67)43(30-68-7)58-48(65)33(2)55-27-41-42(54)24-38(53)25-45(41)69-40-18-14-35(15-19-40)44-28-56-46(60(44)5)29-59(3)4/h8,10-19,24-25,28,33,36,43,55H,9,20-23,26-27,29-31H2,1-7H3,(H,58,65)(H,63,64). The van der Waals surface area contributed by atoms with Crippen LogP contribution in [-0.4, -0.2) is 124 Å². The van der Waals surface area contributed by atoms with Crippen LogP contribution in [0.15, 0.2) is 85.1 Å². The molecule has 5 aromatic rings. The van der Waals surface area contributed by atoms with Gasteiger partial charge >= 0.3 is 5.97 Å². The van der Waals surface area contributed by atoms with Crippen LogP contribution in [0.25, 0.3) is 11.3 Å². The van der Waals surface area contributed by atoms with Crippen molar-refractivity contribution in [3.05, 3.63) is 129 Å². The third-order valence-corrected chi connectivity index (χ3v) is 13.0. The Hall–Kier alpha value is -5.91. The average Bonchev–Trinajstić information content (AvgIpc) is 3.66. The van der Waals surface area contributed by atoms with Gasteiger partial charge in [0.15, 0.2) is 0 Å². The number of carbonyl (C=O) groups excluding carboxylic acids is 3. The highest BCUT2D eigenvalue weighted by Gasteiger charge is 2.45. The van der Waals surface area contributed by atoms with Gasteiger partial charge in [-0.3, -0.25) is 24.2 Å². The van der Waals surface area contributed by atoms with E-state index in [-0.39, 0.29) is 48.4 Å². The number of imidazole rings is 1. The van der Waals surface area contributed by atoms with Crippen LogP contribution in [0, 0.1) is 18.7 Å². The van der Waals surface area contributed by atoms with Gasteiger partial charge in [-0.2, -0.15) is 0 Å². The van der Waals surface area contributed by atoms with Crippen molar-refractivity contribution in [3.8, 4) is 22.8 Å². The van der Waals surface area contributed by atoms with E-state index in [9.17, 15) is 24.3 Å². The van der Waals surface area contributed by atoms with Crippen LogP contribution in [0.4, 0.5) is 4.39 Å². The Bertz CT molecular complexity index is 2600. The second kappa shape index (κ2) is 23.6. The number of methoxy groups -OCH3 is 1. The number of likely N-dealkylation sites (tertiary alicyclic amines) is 1. The summed E-state index contributed by atoms with van der Waals surface area (Å²) in [5, 5.41) is 16.4. The van der Waals surface area contributed by atoms with Crippen molar-refractivity contribution in [1.82, 2.24) is 39.9 Å². The Morgan fingerprint density at radius 1 is 1.00 bits per heavy atom. The number of carbonyl (C=O) groups is 4. The lowest BCUT2D eigenvalue weighted by molar-refractivity contribution is -0.151. The Labute approximate surface area is 412 Å². The van der Waals surface area contributed by atoms with Gasteiger partial charge < -0.3 is 44.5 Å². The highest BCUT2D eigenvalue weighted by molar-refractivity contribution is 6.31. The molecule has 69 heavy (non-hydrogen) atoms. The summed E-state index contributed by atoms with van der Waals surface area (Å²) in [6.45, 7) is 4.26. The smallest absolute Gasteiger partial charge is 0.304 e. The van der Waals surface area contributed by atoms with Gasteiger partial charge in [-0.15, -0.1) is 0 Å². The normalized spacial score (nSPS) is 16.2. The highest BCUT2D eigenvalue weighted by Crippen LogP contribution is 2.35. The van der Waals surface area contributed by atoms with Gasteiger partial charge in [0.2, 0.25) is 17.7 Å². The number of benzene rings is 3. The maximum atomic E-state index is 15.6. The lowest BCUT2D eigenvalue weighted by Crippen LogP contribution is -2.65. The summed E-state index contributed by atoms with van der Waals surface area (Å²) in [6, 6.07) is 20.6. The Kier molecular flexibility index (Phi) is 17.9. The van der Waals surface area contributed by atoms with E-state index in [0.29, 0.717) is 48.8 Å². The molecule has 2 aromatic heterocycles. The molecule has 0 radical (unpaired) electrons. The van der Waals surface area contributed by atoms with Crippen molar-refractivity contribution >= 4 is 46.9 Å². The zero-order valence-corrected chi connectivity index (χ0v) is 41.6. The summed E-state index contributed by atoms with van der Waals surface area (Å²) < 4.78 is 29.3. The molecule has 1 saturated heterocycles. The van der Waals surface area contributed by atoms with E-state index >= 15 is 4.39 Å². The summed E-state index contributed by atoms with van der Waals surface area (Å²) in [5.74, 6) is -2.50. The molecular weight excluding hydrogens is 927 g/mol. The number of carboxylic acids is 1. The summed E-state index contributed by atoms with van der Waals surface area (Å²) in [7, 11) is 8.99. The number of carboxylic acid groups (broad SMARTS) is 1. The fourth-order valence-electron chi connectivity index (χ4n) is 8.76. The van der Waals surface area contributed by atoms with Gasteiger partial charge in [0.1, 0.15) is 29.2 Å². The number of hydrogen-bond acceptors (Lipinski definition) is 10. The van der Waals surface area contributed by atoms with Crippen molar-refractivity contribution in [2.24, 2.45) is 13.0 Å². The molecule has 4 unspecified atom stereocenters. The number of nitrogens with one attached hydrogen (secondary N) is 2. The minimum atomic E-state index is -1.16. The van der Waals surface area contributed by atoms with E-state index in [1.807, 2.05) is 80.1 Å². The Morgan fingerprint density at radius 3 is 2.39 bits per heavy atom. The molecule has 18 heteroatoms. The first-order valence-corrected chi connectivity index (χ1v) is 23.5. The number of piperidine rings is 1. The largest absolute Gasteiger partial charge is 0.481 e. The average molecular weight is 988 g/mol. The minimum Gasteiger partial charge on any atom is -0.481 e. The van der Waals surface area contributed by atoms with Crippen molar-refractivity contribution < 1.29 is 38.1 Å². The molecule has 0 aliphatic carbocycles. The molecule has 6 rings (SSSR count). The van der Waals surface area contributed by atoms with Crippen LogP contribution in [0.5, 0.6) is 11.5 Å². The van der Waals surface area contributed by atoms with E-state index in [1.54, 1.807) is 54.1 Å². The molecule has 4 atom stereocenters. The van der Waals surface area contributed by atoms with E-state index < -0.39 is 53.6 Å². The van der Waals surface area contributed by atoms with Gasteiger partial charge in [-0.1, -0.05) is 41.4 Å². The molecule has 3 amide bonds. The van der Waals surface area contributed by atoms with Crippen molar-refractivity contribution in [2.75, 3.05) is 47.9 Å². The Balaban J connectivity index is 1.17. The van der Waals surface area contributed by atoms with Crippen LogP contribution >= 0.6 is 23.2 Å². The second-order valence-corrected chi connectivity index (χ2v) is 18.9. The SMILES string of the molecule is COCC(NC(=O)C(C)NCc1c(F)cc(Cl)cc1Oc1ccc(-c2cnc(CN(C)C)n2C)cc1)C(=O)N(C)C1(Cc2ccc(Cl)cc2)CCCN(C(=O)C(CC(=O)O)Cc2cccc(C)n2)C1. The van der Waals surface area contributed by atoms with E-state index in [1.165, 1.54) is 19.2 Å². The highest BCUT2D eigenvalue weighted by atomic mass is 35.5. The molecule has 1 fully saturated rings. The minimum absolute atomic E-state index is 0.100. The van der Waals surface area contributed by atoms with E-state index in [4.69, 9.17) is 32.7 Å². The third kappa shape index (κ3) is 13.7. The molecule has 1 aliphatic rings. The lowest BCUT2D eigenvalue weighted by atomic mass is 9.80. The molecule has 368 valence electrons. The second-order valence-electron chi connectivity index (χ2n) is 18.0. The number of hydrogen-bond donors (Lipinski definition) is 3. The van der Waals surface area contributed by atoms with Gasteiger partial charge in [-0.05, 0) is 113 Å². The maximum Gasteiger partial charge on any atom is 0.304 e. The summed E-state index contributed by atoms with van der Waals surface area (Å²) in [5.41, 5.74) is 3.21. The van der Waals surface area contributed by atoms with Gasteiger partial charge in [0.05, 0.1) is 49.0 Å². The first kappa shape index (κ1) is 52.5. The molecule has 3 heterocycles. The Morgan fingerprint density at radius 2 is 1.72 bits per heavy atom. The van der Waals surface area contributed by atoms with Crippen LogP contribution in [0.1, 0.15) is 54.5 Å². The number of ether oxygens (including phenoxy) is 2. The number of aryl methyl sites for hydroxylation is 1. The predicted molar refractivity (Wildman–Crippen MR) is 263 cm³/mol. The zero-order chi connectivity index (χ0) is 50.0. The molecule has 3 aromatic carbocycles. The number of halogens is 3. The summed E-state index contributed by atoms with van der Waals surface area (Å²) in [4.78, 5) is 69.4. The number of amides is 3. The van der Waals surface area contributed by atoms with E-state index in [2.05, 4.69) is 20.6 Å². The van der Waals surface area contributed by atoms with Crippen LogP contribution in [-0.2, 0) is 56.9 Å². The third-order valence-electron chi connectivity index (χ3n) is 12.5. The van der Waals surface area contributed by atoms with Crippen LogP contribution < -0.4 is 15.4 Å². The maximum absolute atomic E-state index is 15.6. The quantitative estimate of drug-likeness (QED) is 0.0686. The molecule has 3 N–H and O–H groups in total. The summed E-state index contributed by atoms with van der Waals surface area (Å²) >= 11 is 12.6. The number of aromatic nitrogens is 3. The number of likely N-dealkylation sites (N-methyl/N-ethyl adjacent to an activating group) is 1. The molecule has 15 nitrogen and oxygen atoms in total. The van der Waals surface area contributed by atoms with Gasteiger partial charge in [0, 0.05) is 79.8 Å². The van der Waals surface area contributed by atoms with Crippen molar-refractivity contribution in [1.29, 1.82) is 0 Å². The fourth-order valence-corrected chi connectivity index (χ4v) is 9.08. The monoisotopic (exact) mass is 986 g/mol. The number of nitrogens with zero attached hydrogens (tertiary/aromatic N) is 6. The molecule has 1 aliphatic heterocycles. The molecular formula is C51H61Cl2FN8O7. The zero-order valence-electron chi connectivity index (χ0n) is 40.1. The summed E-state index contributed by atoms with van der Waals surface area (Å²) in [6.07, 6.45) is 2.90. The van der Waals surface area contributed by atoms with E-state index in [0.717, 1.165) is 28.3 Å². The number of pyridine rings is 1. The molecule has 0 spiro atoms. The van der Waals surface area contributed by atoms with Crippen molar-refractivity contribution in [3.63, 3.8) is 0 Å². The lowest BCUT2D eigenvalue weighted by Gasteiger charge is -2.49. The first-order chi connectivity index (χ1) is 32.9. The van der Waals surface area contributed by atoms with Gasteiger partial charge in [-0.25, -0.2) is 9.37 Å². The topological polar surface area (TPSA) is 171 Å². The number of rotatable bonds is 21. The van der Waals surface area contributed by atoms with Gasteiger partial charge in [0.25, 0.3) is 0 Å². The fraction of sp³-hybridized carbons (Fsp3) is 0.412. The van der Waals surface area contributed by atoms with Crippen LogP contribution in [0.2, 0.25) is 10.0 Å². The van der Waals surface area contributed by atoms with Crippen LogP contribution in [0.3, 0.4) is 0 Å². The predicted octanol–water partition coefficient (Wildman–Crippen LogP) is 7.10. The molecule has 0 saturated carbocycles.